The predicted octanol–water partition coefficient (Wildman–Crippen LogP) is 3.90. The second-order valence-corrected chi connectivity index (χ2v) is 6.98. The third-order valence-corrected chi connectivity index (χ3v) is 5.16. The van der Waals surface area contributed by atoms with Gasteiger partial charge in [-0.05, 0) is 36.8 Å². The zero-order valence-corrected chi connectivity index (χ0v) is 16.9. The van der Waals surface area contributed by atoms with Gasteiger partial charge in [0.1, 0.15) is 0 Å². The van der Waals surface area contributed by atoms with Gasteiger partial charge in [-0.2, -0.15) is 5.10 Å². The Hall–Kier alpha value is -2.24. The zero-order chi connectivity index (χ0) is 19.2. The molecule has 1 saturated heterocycles. The van der Waals surface area contributed by atoms with Crippen molar-refractivity contribution in [3.63, 3.8) is 0 Å². The van der Waals surface area contributed by atoms with Gasteiger partial charge in [0, 0.05) is 43.3 Å². The number of hydrogen-bond acceptors (Lipinski definition) is 5. The average molecular weight is 388 g/mol. The Bertz CT molecular complexity index is 802. The summed E-state index contributed by atoms with van der Waals surface area (Å²) in [5, 5.41) is 7.77. The Morgan fingerprint density at radius 1 is 1.00 bits per heavy atom. The molecule has 0 bridgehead atoms. The fourth-order valence-corrected chi connectivity index (χ4v) is 3.39. The average Bonchev–Trinajstić information content (AvgIpc) is 2.70. The maximum Gasteiger partial charge on any atom is 0.161 e. The summed E-state index contributed by atoms with van der Waals surface area (Å²) in [6, 6.07) is 13.9. The normalized spacial score (nSPS) is 15.7. The van der Waals surface area contributed by atoms with Crippen LogP contribution in [0, 0.1) is 0 Å². The first kappa shape index (κ1) is 19.5. The fourth-order valence-electron chi connectivity index (χ4n) is 3.19. The molecular formula is C21H26ClN3O2. The summed E-state index contributed by atoms with van der Waals surface area (Å²) >= 11 is 6.28. The molecule has 0 unspecified atom stereocenters. The minimum atomic E-state index is 0.717. The van der Waals surface area contributed by atoms with Crippen LogP contribution in [0.15, 0.2) is 47.6 Å². The van der Waals surface area contributed by atoms with Crippen LogP contribution in [0.5, 0.6) is 11.5 Å². The Balaban J connectivity index is 1.60. The van der Waals surface area contributed by atoms with Crippen molar-refractivity contribution in [1.82, 2.24) is 9.91 Å². The zero-order valence-electron chi connectivity index (χ0n) is 16.1. The molecule has 1 aliphatic rings. The first-order valence-electron chi connectivity index (χ1n) is 9.09. The number of rotatable bonds is 6. The van der Waals surface area contributed by atoms with Crippen molar-refractivity contribution >= 4 is 17.3 Å². The van der Waals surface area contributed by atoms with E-state index >= 15 is 0 Å². The SMILES string of the molecule is COc1ccc(/C(C)=N/N2CCN(Cc3ccccc3Cl)CC2)cc1OC. The Morgan fingerprint density at radius 3 is 2.37 bits per heavy atom. The van der Waals surface area contributed by atoms with Gasteiger partial charge >= 0.3 is 0 Å². The molecule has 2 aromatic carbocycles. The van der Waals surface area contributed by atoms with Gasteiger partial charge in [0.2, 0.25) is 0 Å². The van der Waals surface area contributed by atoms with E-state index in [0.29, 0.717) is 5.75 Å². The smallest absolute Gasteiger partial charge is 0.161 e. The lowest BCUT2D eigenvalue weighted by Crippen LogP contribution is -2.43. The van der Waals surface area contributed by atoms with E-state index in [1.54, 1.807) is 14.2 Å². The highest BCUT2D eigenvalue weighted by Crippen LogP contribution is 2.28. The van der Waals surface area contributed by atoms with Crippen LogP contribution in [-0.4, -0.2) is 56.0 Å². The van der Waals surface area contributed by atoms with E-state index in [4.69, 9.17) is 26.2 Å². The van der Waals surface area contributed by atoms with Crippen molar-refractivity contribution < 1.29 is 9.47 Å². The summed E-state index contributed by atoms with van der Waals surface area (Å²) in [5.74, 6) is 1.44. The van der Waals surface area contributed by atoms with Gasteiger partial charge in [-0.3, -0.25) is 9.91 Å². The van der Waals surface area contributed by atoms with Crippen LogP contribution in [0.2, 0.25) is 5.02 Å². The van der Waals surface area contributed by atoms with E-state index < -0.39 is 0 Å². The number of nitrogens with zero attached hydrogens (tertiary/aromatic N) is 3. The molecule has 3 rings (SSSR count). The van der Waals surface area contributed by atoms with Crippen LogP contribution in [0.3, 0.4) is 0 Å². The number of halogens is 1. The van der Waals surface area contributed by atoms with E-state index in [1.807, 2.05) is 43.3 Å². The lowest BCUT2D eigenvalue weighted by atomic mass is 10.1. The topological polar surface area (TPSA) is 37.3 Å². The van der Waals surface area contributed by atoms with Crippen LogP contribution >= 0.6 is 11.6 Å². The highest BCUT2D eigenvalue weighted by atomic mass is 35.5. The van der Waals surface area contributed by atoms with Gasteiger partial charge in [0.05, 0.1) is 19.9 Å². The molecule has 6 heteroatoms. The molecule has 0 aliphatic carbocycles. The Labute approximate surface area is 166 Å². The predicted molar refractivity (Wildman–Crippen MR) is 110 cm³/mol. The van der Waals surface area contributed by atoms with Crippen LogP contribution in [0.1, 0.15) is 18.1 Å². The van der Waals surface area contributed by atoms with E-state index in [1.165, 1.54) is 5.56 Å². The van der Waals surface area contributed by atoms with Crippen LogP contribution in [0.25, 0.3) is 0 Å². The van der Waals surface area contributed by atoms with Crippen molar-refractivity contribution in [2.45, 2.75) is 13.5 Å². The summed E-state index contributed by atoms with van der Waals surface area (Å²) in [5.41, 5.74) is 3.18. The summed E-state index contributed by atoms with van der Waals surface area (Å²) in [4.78, 5) is 2.42. The number of methoxy groups -OCH3 is 2. The molecule has 0 saturated carbocycles. The van der Waals surface area contributed by atoms with Crippen LogP contribution < -0.4 is 9.47 Å². The monoisotopic (exact) mass is 387 g/mol. The molecule has 144 valence electrons. The van der Waals surface area contributed by atoms with E-state index in [-0.39, 0.29) is 0 Å². The minimum Gasteiger partial charge on any atom is -0.493 e. The maximum atomic E-state index is 6.28. The molecule has 0 spiro atoms. The molecule has 2 aromatic rings. The van der Waals surface area contributed by atoms with Crippen molar-refractivity contribution in [1.29, 1.82) is 0 Å². The molecule has 1 heterocycles. The van der Waals surface area contributed by atoms with Crippen molar-refractivity contribution in [3.05, 3.63) is 58.6 Å². The van der Waals surface area contributed by atoms with Crippen LogP contribution in [0.4, 0.5) is 0 Å². The summed E-state index contributed by atoms with van der Waals surface area (Å²) in [6.45, 7) is 6.63. The highest BCUT2D eigenvalue weighted by molar-refractivity contribution is 6.31. The Morgan fingerprint density at radius 2 is 1.70 bits per heavy atom. The first-order chi connectivity index (χ1) is 13.1. The molecule has 1 aliphatic heterocycles. The van der Waals surface area contributed by atoms with Gasteiger partial charge in [-0.25, -0.2) is 0 Å². The lowest BCUT2D eigenvalue weighted by molar-refractivity contribution is 0.130. The molecular weight excluding hydrogens is 362 g/mol. The molecule has 0 aromatic heterocycles. The number of hydrazone groups is 1. The van der Waals surface area contributed by atoms with Gasteiger partial charge < -0.3 is 9.47 Å². The molecule has 27 heavy (non-hydrogen) atoms. The molecule has 0 N–H and O–H groups in total. The van der Waals surface area contributed by atoms with E-state index in [0.717, 1.165) is 54.8 Å². The third-order valence-electron chi connectivity index (χ3n) is 4.79. The second kappa shape index (κ2) is 9.11. The minimum absolute atomic E-state index is 0.717. The van der Waals surface area contributed by atoms with Crippen LogP contribution in [-0.2, 0) is 6.54 Å². The molecule has 5 nitrogen and oxygen atoms in total. The van der Waals surface area contributed by atoms with Gasteiger partial charge in [0.25, 0.3) is 0 Å². The summed E-state index contributed by atoms with van der Waals surface area (Å²) in [7, 11) is 3.28. The number of ether oxygens (including phenoxy) is 2. The molecule has 1 fully saturated rings. The van der Waals surface area contributed by atoms with Gasteiger partial charge in [-0.15, -0.1) is 0 Å². The van der Waals surface area contributed by atoms with Gasteiger partial charge in [-0.1, -0.05) is 29.8 Å². The summed E-state index contributed by atoms with van der Waals surface area (Å²) in [6.07, 6.45) is 0. The number of piperazine rings is 1. The second-order valence-electron chi connectivity index (χ2n) is 6.58. The largest absolute Gasteiger partial charge is 0.493 e. The first-order valence-corrected chi connectivity index (χ1v) is 9.47. The fraction of sp³-hybridized carbons (Fsp3) is 0.381. The molecule has 0 radical (unpaired) electrons. The van der Waals surface area contributed by atoms with E-state index in [2.05, 4.69) is 16.0 Å². The third kappa shape index (κ3) is 4.93. The molecule has 0 amide bonds. The quantitative estimate of drug-likeness (QED) is 0.704. The standard InChI is InChI=1S/C21H26ClN3O2/c1-16(17-8-9-20(26-2)21(14-17)27-3)23-25-12-10-24(11-13-25)15-18-6-4-5-7-19(18)22/h4-9,14H,10-13,15H2,1-3H3/b23-16+. The number of benzene rings is 2. The van der Waals surface area contributed by atoms with Crippen molar-refractivity contribution in [2.24, 2.45) is 5.10 Å². The van der Waals surface area contributed by atoms with Gasteiger partial charge in [0.15, 0.2) is 11.5 Å². The number of hydrogen-bond donors (Lipinski definition) is 0. The maximum absolute atomic E-state index is 6.28. The van der Waals surface area contributed by atoms with Crippen molar-refractivity contribution in [3.8, 4) is 11.5 Å². The van der Waals surface area contributed by atoms with E-state index in [9.17, 15) is 0 Å². The lowest BCUT2D eigenvalue weighted by Gasteiger charge is -2.33. The highest BCUT2D eigenvalue weighted by Gasteiger charge is 2.17. The Kier molecular flexibility index (Phi) is 6.58. The molecule has 0 atom stereocenters. The van der Waals surface area contributed by atoms with Crippen molar-refractivity contribution in [2.75, 3.05) is 40.4 Å². The summed E-state index contributed by atoms with van der Waals surface area (Å²) < 4.78 is 10.7.